The first-order chi connectivity index (χ1) is 11.0. The Bertz CT molecular complexity index is 694. The zero-order chi connectivity index (χ0) is 16.4. The molecule has 1 aliphatic rings. The van der Waals surface area contributed by atoms with Gasteiger partial charge in [-0.15, -0.1) is 0 Å². The highest BCUT2D eigenvalue weighted by atomic mass is 16.2. The number of carbonyl (C=O) groups is 1. The van der Waals surface area contributed by atoms with Crippen LogP contribution in [0.25, 0.3) is 11.1 Å². The molecule has 0 aromatic heterocycles. The van der Waals surface area contributed by atoms with E-state index in [9.17, 15) is 4.79 Å². The van der Waals surface area contributed by atoms with Crippen LogP contribution in [0.3, 0.4) is 0 Å². The first-order valence-electron chi connectivity index (χ1n) is 7.93. The van der Waals surface area contributed by atoms with Crippen LogP contribution in [0.2, 0.25) is 0 Å². The fraction of sp³-hybridized carbons (Fsp3) is 0.316. The van der Waals surface area contributed by atoms with E-state index in [0.29, 0.717) is 13.0 Å². The van der Waals surface area contributed by atoms with Crippen molar-refractivity contribution in [2.45, 2.75) is 19.0 Å². The molecular weight excluding hydrogens is 286 g/mol. The Morgan fingerprint density at radius 1 is 1.13 bits per heavy atom. The molecule has 1 heterocycles. The van der Waals surface area contributed by atoms with E-state index in [1.165, 1.54) is 16.7 Å². The summed E-state index contributed by atoms with van der Waals surface area (Å²) >= 11 is 0. The third-order valence-corrected chi connectivity index (χ3v) is 4.15. The van der Waals surface area contributed by atoms with Gasteiger partial charge in [-0.1, -0.05) is 36.4 Å². The molecule has 1 amide bonds. The molecule has 1 fully saturated rings. The molecule has 1 aliphatic heterocycles. The molecule has 23 heavy (non-hydrogen) atoms. The predicted molar refractivity (Wildman–Crippen MR) is 94.2 cm³/mol. The molecule has 0 aliphatic carbocycles. The Kier molecular flexibility index (Phi) is 4.46. The Morgan fingerprint density at radius 3 is 2.43 bits per heavy atom. The molecular formula is C19H23N3O. The van der Waals surface area contributed by atoms with Crippen molar-refractivity contribution >= 4 is 11.6 Å². The van der Waals surface area contributed by atoms with Crippen LogP contribution in [0.1, 0.15) is 12.0 Å². The molecule has 3 rings (SSSR count). The van der Waals surface area contributed by atoms with E-state index < -0.39 is 0 Å². The number of benzene rings is 2. The number of hydrogen-bond acceptors (Lipinski definition) is 3. The lowest BCUT2D eigenvalue weighted by Crippen LogP contribution is -2.27. The number of anilines is 1. The first-order valence-corrected chi connectivity index (χ1v) is 7.93. The summed E-state index contributed by atoms with van der Waals surface area (Å²) in [6.45, 7) is 1.51. The van der Waals surface area contributed by atoms with E-state index in [1.807, 2.05) is 12.1 Å². The topological polar surface area (TPSA) is 49.6 Å². The summed E-state index contributed by atoms with van der Waals surface area (Å²) in [4.78, 5) is 15.9. The van der Waals surface area contributed by atoms with Gasteiger partial charge in [0.05, 0.1) is 0 Å². The lowest BCUT2D eigenvalue weighted by molar-refractivity contribution is -0.117. The smallest absolute Gasteiger partial charge is 0.228 e. The van der Waals surface area contributed by atoms with Gasteiger partial charge in [-0.3, -0.25) is 4.79 Å². The van der Waals surface area contributed by atoms with Crippen molar-refractivity contribution in [2.75, 3.05) is 25.5 Å². The standard InChI is InChI=1S/C19H23N3O/c1-21(2)12-15-5-3-4-6-18(15)14-7-9-17(10-8-14)22-13-16(20)11-19(22)23/h3-10,16H,11-13,20H2,1-2H3. The Balaban J connectivity index is 1.87. The van der Waals surface area contributed by atoms with Crippen LogP contribution in [0.15, 0.2) is 48.5 Å². The van der Waals surface area contributed by atoms with Crippen molar-refractivity contribution in [3.05, 3.63) is 54.1 Å². The van der Waals surface area contributed by atoms with Gasteiger partial charge in [0, 0.05) is 31.2 Å². The van der Waals surface area contributed by atoms with Gasteiger partial charge in [-0.05, 0) is 42.9 Å². The maximum atomic E-state index is 12.0. The third-order valence-electron chi connectivity index (χ3n) is 4.15. The second-order valence-corrected chi connectivity index (χ2v) is 6.41. The summed E-state index contributed by atoms with van der Waals surface area (Å²) in [5.41, 5.74) is 10.5. The molecule has 0 radical (unpaired) electrons. The second kappa shape index (κ2) is 6.52. The monoisotopic (exact) mass is 309 g/mol. The van der Waals surface area contributed by atoms with Crippen LogP contribution in [-0.4, -0.2) is 37.5 Å². The summed E-state index contributed by atoms with van der Waals surface area (Å²) in [5, 5.41) is 0. The SMILES string of the molecule is CN(C)Cc1ccccc1-c1ccc(N2CC(N)CC2=O)cc1. The summed E-state index contributed by atoms with van der Waals surface area (Å²) in [5.74, 6) is 0.109. The van der Waals surface area contributed by atoms with Crippen LogP contribution in [0, 0.1) is 0 Å². The minimum absolute atomic E-state index is 0.0528. The molecule has 0 bridgehead atoms. The number of carbonyl (C=O) groups excluding carboxylic acids is 1. The van der Waals surface area contributed by atoms with Gasteiger partial charge >= 0.3 is 0 Å². The normalized spacial score (nSPS) is 18.0. The van der Waals surface area contributed by atoms with E-state index in [0.717, 1.165) is 12.2 Å². The highest BCUT2D eigenvalue weighted by molar-refractivity contribution is 5.96. The first kappa shape index (κ1) is 15.7. The fourth-order valence-electron chi connectivity index (χ4n) is 3.09. The van der Waals surface area contributed by atoms with Gasteiger partial charge in [0.2, 0.25) is 5.91 Å². The average Bonchev–Trinajstić information content (AvgIpc) is 2.86. The summed E-state index contributed by atoms with van der Waals surface area (Å²) in [7, 11) is 4.14. The number of nitrogens with two attached hydrogens (primary N) is 1. The van der Waals surface area contributed by atoms with Crippen LogP contribution in [-0.2, 0) is 11.3 Å². The fourth-order valence-corrected chi connectivity index (χ4v) is 3.09. The zero-order valence-electron chi connectivity index (χ0n) is 13.7. The van der Waals surface area contributed by atoms with Crippen molar-refractivity contribution in [3.8, 4) is 11.1 Å². The van der Waals surface area contributed by atoms with E-state index in [2.05, 4.69) is 55.4 Å². The summed E-state index contributed by atoms with van der Waals surface area (Å²) in [6.07, 6.45) is 0.438. The van der Waals surface area contributed by atoms with Crippen LogP contribution >= 0.6 is 0 Å². The van der Waals surface area contributed by atoms with Crippen LogP contribution in [0.5, 0.6) is 0 Å². The van der Waals surface area contributed by atoms with Gasteiger partial charge in [-0.2, -0.15) is 0 Å². The lowest BCUT2D eigenvalue weighted by Gasteiger charge is -2.18. The van der Waals surface area contributed by atoms with Crippen molar-refractivity contribution in [1.82, 2.24) is 4.90 Å². The van der Waals surface area contributed by atoms with Gasteiger partial charge in [0.15, 0.2) is 0 Å². The minimum Gasteiger partial charge on any atom is -0.326 e. The second-order valence-electron chi connectivity index (χ2n) is 6.41. The van der Waals surface area contributed by atoms with Crippen LogP contribution < -0.4 is 10.6 Å². The van der Waals surface area contributed by atoms with Crippen molar-refractivity contribution in [2.24, 2.45) is 5.73 Å². The van der Waals surface area contributed by atoms with E-state index in [1.54, 1.807) is 4.90 Å². The molecule has 0 saturated carbocycles. The largest absolute Gasteiger partial charge is 0.326 e. The molecule has 120 valence electrons. The van der Waals surface area contributed by atoms with Crippen molar-refractivity contribution in [1.29, 1.82) is 0 Å². The Morgan fingerprint density at radius 2 is 1.83 bits per heavy atom. The molecule has 1 unspecified atom stereocenters. The predicted octanol–water partition coefficient (Wildman–Crippen LogP) is 2.48. The lowest BCUT2D eigenvalue weighted by atomic mass is 9.99. The molecule has 0 spiro atoms. The number of nitrogens with zero attached hydrogens (tertiary/aromatic N) is 2. The molecule has 1 saturated heterocycles. The summed E-state index contributed by atoms with van der Waals surface area (Å²) < 4.78 is 0. The average molecular weight is 309 g/mol. The minimum atomic E-state index is -0.0528. The Hall–Kier alpha value is -2.17. The maximum Gasteiger partial charge on any atom is 0.228 e. The van der Waals surface area contributed by atoms with Gasteiger partial charge in [-0.25, -0.2) is 0 Å². The van der Waals surface area contributed by atoms with Crippen LogP contribution in [0.4, 0.5) is 5.69 Å². The molecule has 1 atom stereocenters. The van der Waals surface area contributed by atoms with E-state index in [-0.39, 0.29) is 11.9 Å². The highest BCUT2D eigenvalue weighted by Crippen LogP contribution is 2.28. The summed E-state index contributed by atoms with van der Waals surface area (Å²) in [6, 6.07) is 16.6. The van der Waals surface area contributed by atoms with Crippen molar-refractivity contribution in [3.63, 3.8) is 0 Å². The zero-order valence-corrected chi connectivity index (χ0v) is 13.7. The number of amides is 1. The molecule has 4 heteroatoms. The number of hydrogen-bond donors (Lipinski definition) is 1. The van der Waals surface area contributed by atoms with Gasteiger partial charge in [0.1, 0.15) is 0 Å². The van der Waals surface area contributed by atoms with Crippen molar-refractivity contribution < 1.29 is 4.79 Å². The maximum absolute atomic E-state index is 12.0. The molecule has 2 aromatic rings. The van der Waals surface area contributed by atoms with Gasteiger partial charge in [0.25, 0.3) is 0 Å². The molecule has 4 nitrogen and oxygen atoms in total. The number of rotatable bonds is 4. The molecule has 2 N–H and O–H groups in total. The highest BCUT2D eigenvalue weighted by Gasteiger charge is 2.27. The quantitative estimate of drug-likeness (QED) is 0.944. The third kappa shape index (κ3) is 3.44. The van der Waals surface area contributed by atoms with Gasteiger partial charge < -0.3 is 15.5 Å². The van der Waals surface area contributed by atoms with E-state index in [4.69, 9.17) is 5.73 Å². The van der Waals surface area contributed by atoms with E-state index >= 15 is 0 Å². The molecule has 2 aromatic carbocycles. The Labute approximate surface area is 137 Å².